The second kappa shape index (κ2) is 5.04. The molecule has 6 heteroatoms. The minimum atomic E-state index is -0.855. The second-order valence-electron chi connectivity index (χ2n) is 5.29. The molecule has 1 aliphatic heterocycles. The molecule has 0 radical (unpaired) electrons. The van der Waals surface area contributed by atoms with Crippen molar-refractivity contribution in [2.24, 2.45) is 0 Å². The van der Waals surface area contributed by atoms with Gasteiger partial charge in [0.05, 0.1) is 36.9 Å². The zero-order valence-corrected chi connectivity index (χ0v) is 10.8. The monoisotopic (exact) mass is 250 g/mol. The largest absolute Gasteiger partial charge is 0.389 e. The molecule has 1 atom stereocenters. The fourth-order valence-corrected chi connectivity index (χ4v) is 2.24. The van der Waals surface area contributed by atoms with Crippen LogP contribution in [-0.2, 0) is 17.7 Å². The van der Waals surface area contributed by atoms with E-state index in [0.29, 0.717) is 18.8 Å². The lowest BCUT2D eigenvalue weighted by molar-refractivity contribution is 0.0557. The van der Waals surface area contributed by atoms with Crippen LogP contribution in [0.1, 0.15) is 37.6 Å². The standard InChI is InChI=1S/C12H18N4O2/c1-12(2,17)8-16-11(9-4-6-18-7-9)10(3-5-13)14-15-16/h9,17H,3-4,6-8H2,1-2H3. The molecule has 1 aromatic rings. The number of nitriles is 1. The van der Waals surface area contributed by atoms with Gasteiger partial charge in [0.1, 0.15) is 5.69 Å². The van der Waals surface area contributed by atoms with Crippen LogP contribution in [0.5, 0.6) is 0 Å². The van der Waals surface area contributed by atoms with Crippen molar-refractivity contribution in [3.05, 3.63) is 11.4 Å². The van der Waals surface area contributed by atoms with Crippen LogP contribution in [0.2, 0.25) is 0 Å². The molecule has 98 valence electrons. The van der Waals surface area contributed by atoms with Crippen LogP contribution in [0.15, 0.2) is 0 Å². The molecule has 2 heterocycles. The highest BCUT2D eigenvalue weighted by atomic mass is 16.5. The topological polar surface area (TPSA) is 84.0 Å². The van der Waals surface area contributed by atoms with Crippen LogP contribution in [0.4, 0.5) is 0 Å². The van der Waals surface area contributed by atoms with E-state index in [0.717, 1.165) is 18.7 Å². The van der Waals surface area contributed by atoms with Crippen LogP contribution in [0.3, 0.4) is 0 Å². The predicted molar refractivity (Wildman–Crippen MR) is 63.8 cm³/mol. The van der Waals surface area contributed by atoms with Crippen LogP contribution >= 0.6 is 0 Å². The van der Waals surface area contributed by atoms with Crippen molar-refractivity contribution < 1.29 is 9.84 Å². The van der Waals surface area contributed by atoms with Gasteiger partial charge in [-0.1, -0.05) is 5.21 Å². The van der Waals surface area contributed by atoms with Crippen molar-refractivity contribution in [2.45, 2.75) is 44.8 Å². The Labute approximate surface area is 106 Å². The summed E-state index contributed by atoms with van der Waals surface area (Å²) in [5, 5.41) is 26.8. The van der Waals surface area contributed by atoms with E-state index in [4.69, 9.17) is 10.00 Å². The van der Waals surface area contributed by atoms with E-state index in [-0.39, 0.29) is 12.3 Å². The van der Waals surface area contributed by atoms with Gasteiger partial charge in [0.25, 0.3) is 0 Å². The van der Waals surface area contributed by atoms with Gasteiger partial charge in [0.2, 0.25) is 0 Å². The maximum absolute atomic E-state index is 9.89. The van der Waals surface area contributed by atoms with E-state index in [1.165, 1.54) is 0 Å². The van der Waals surface area contributed by atoms with Crippen molar-refractivity contribution in [1.82, 2.24) is 15.0 Å². The van der Waals surface area contributed by atoms with E-state index in [1.807, 2.05) is 0 Å². The molecule has 0 bridgehead atoms. The molecular weight excluding hydrogens is 232 g/mol. The van der Waals surface area contributed by atoms with Gasteiger partial charge in [-0.3, -0.25) is 0 Å². The molecule has 1 N–H and O–H groups in total. The summed E-state index contributed by atoms with van der Waals surface area (Å²) < 4.78 is 7.10. The summed E-state index contributed by atoms with van der Waals surface area (Å²) in [5.74, 6) is 0.227. The van der Waals surface area contributed by atoms with Gasteiger partial charge in [-0.05, 0) is 20.3 Å². The minimum absolute atomic E-state index is 0.227. The number of ether oxygens (including phenoxy) is 1. The van der Waals surface area contributed by atoms with Gasteiger partial charge >= 0.3 is 0 Å². The lowest BCUT2D eigenvalue weighted by atomic mass is 10.0. The summed E-state index contributed by atoms with van der Waals surface area (Å²) in [5.41, 5.74) is 0.791. The van der Waals surface area contributed by atoms with Crippen molar-refractivity contribution in [3.63, 3.8) is 0 Å². The van der Waals surface area contributed by atoms with Crippen LogP contribution in [-0.4, -0.2) is 38.9 Å². The maximum Gasteiger partial charge on any atom is 0.100 e. The van der Waals surface area contributed by atoms with E-state index in [9.17, 15) is 5.11 Å². The Morgan fingerprint density at radius 1 is 1.61 bits per heavy atom. The van der Waals surface area contributed by atoms with E-state index >= 15 is 0 Å². The highest BCUT2D eigenvalue weighted by Gasteiger charge is 2.28. The van der Waals surface area contributed by atoms with Gasteiger partial charge in [0.15, 0.2) is 0 Å². The molecule has 1 aromatic heterocycles. The minimum Gasteiger partial charge on any atom is -0.389 e. The molecule has 1 aliphatic rings. The van der Waals surface area contributed by atoms with Crippen molar-refractivity contribution in [1.29, 1.82) is 5.26 Å². The third-order valence-electron chi connectivity index (χ3n) is 2.95. The number of aliphatic hydroxyl groups is 1. The summed E-state index contributed by atoms with van der Waals surface area (Å²) in [4.78, 5) is 0. The maximum atomic E-state index is 9.89. The summed E-state index contributed by atoms with van der Waals surface area (Å²) in [6.45, 7) is 5.19. The highest BCUT2D eigenvalue weighted by Crippen LogP contribution is 2.28. The first kappa shape index (κ1) is 13.0. The first-order valence-electron chi connectivity index (χ1n) is 6.10. The second-order valence-corrected chi connectivity index (χ2v) is 5.29. The molecule has 1 fully saturated rings. The lowest BCUT2D eigenvalue weighted by Crippen LogP contribution is -2.28. The molecule has 0 aromatic carbocycles. The molecule has 0 saturated carbocycles. The Morgan fingerprint density at radius 2 is 2.39 bits per heavy atom. The Morgan fingerprint density at radius 3 is 2.94 bits per heavy atom. The number of rotatable bonds is 4. The van der Waals surface area contributed by atoms with E-state index in [2.05, 4.69) is 16.4 Å². The van der Waals surface area contributed by atoms with Crippen LogP contribution < -0.4 is 0 Å². The Hall–Kier alpha value is -1.45. The average Bonchev–Trinajstić information content (AvgIpc) is 2.86. The molecule has 6 nitrogen and oxygen atoms in total. The van der Waals surface area contributed by atoms with Crippen molar-refractivity contribution >= 4 is 0 Å². The van der Waals surface area contributed by atoms with Gasteiger partial charge in [0, 0.05) is 12.5 Å². The fourth-order valence-electron chi connectivity index (χ4n) is 2.24. The first-order valence-corrected chi connectivity index (χ1v) is 6.10. The number of hydrogen-bond donors (Lipinski definition) is 1. The molecule has 0 spiro atoms. The van der Waals surface area contributed by atoms with Gasteiger partial charge in [-0.25, -0.2) is 4.68 Å². The van der Waals surface area contributed by atoms with Crippen molar-refractivity contribution in [2.75, 3.05) is 13.2 Å². The first-order chi connectivity index (χ1) is 8.51. The highest BCUT2D eigenvalue weighted by molar-refractivity contribution is 5.20. The van der Waals surface area contributed by atoms with Crippen LogP contribution in [0.25, 0.3) is 0 Å². The number of aromatic nitrogens is 3. The summed E-state index contributed by atoms with van der Waals surface area (Å²) >= 11 is 0. The van der Waals surface area contributed by atoms with Crippen LogP contribution in [0, 0.1) is 11.3 Å². The number of nitrogens with zero attached hydrogens (tertiary/aromatic N) is 4. The third kappa shape index (κ3) is 2.86. The third-order valence-corrected chi connectivity index (χ3v) is 2.95. The molecule has 18 heavy (non-hydrogen) atoms. The summed E-state index contributed by atoms with van der Waals surface area (Å²) in [7, 11) is 0. The zero-order chi connectivity index (χ0) is 13.2. The Balaban J connectivity index is 2.31. The quantitative estimate of drug-likeness (QED) is 0.846. The molecular formula is C12H18N4O2. The Bertz CT molecular complexity index is 450. The SMILES string of the molecule is CC(C)(O)Cn1nnc(CC#N)c1C1CCOC1. The lowest BCUT2D eigenvalue weighted by Gasteiger charge is -2.20. The van der Waals surface area contributed by atoms with Gasteiger partial charge in [-0.2, -0.15) is 5.26 Å². The van der Waals surface area contributed by atoms with Gasteiger partial charge < -0.3 is 9.84 Å². The van der Waals surface area contributed by atoms with Crippen molar-refractivity contribution in [3.8, 4) is 6.07 Å². The summed E-state index contributed by atoms with van der Waals surface area (Å²) in [6, 6.07) is 2.10. The molecule has 1 unspecified atom stereocenters. The zero-order valence-electron chi connectivity index (χ0n) is 10.8. The average molecular weight is 250 g/mol. The van der Waals surface area contributed by atoms with Gasteiger partial charge in [-0.15, -0.1) is 5.10 Å². The summed E-state index contributed by atoms with van der Waals surface area (Å²) in [6.07, 6.45) is 1.16. The predicted octanol–water partition coefficient (Wildman–Crippen LogP) is 0.619. The molecule has 0 aliphatic carbocycles. The van der Waals surface area contributed by atoms with E-state index < -0.39 is 5.60 Å². The van der Waals surface area contributed by atoms with E-state index in [1.54, 1.807) is 18.5 Å². The fraction of sp³-hybridized carbons (Fsp3) is 0.750. The molecule has 1 saturated heterocycles. The smallest absolute Gasteiger partial charge is 0.100 e. The number of hydrogen-bond acceptors (Lipinski definition) is 5. The normalized spacial score (nSPS) is 20.0. The molecule has 0 amide bonds. The molecule has 2 rings (SSSR count). The Kier molecular flexibility index (Phi) is 3.64.